The molecule has 0 fully saturated rings. The van der Waals surface area contributed by atoms with Gasteiger partial charge in [0, 0.05) is 21.9 Å². The number of phenolic OH excluding ortho intramolecular Hbond substituents is 2. The van der Waals surface area contributed by atoms with Gasteiger partial charge in [0.1, 0.15) is 22.7 Å². The molecule has 0 amide bonds. The summed E-state index contributed by atoms with van der Waals surface area (Å²) in [7, 11) is 0. The van der Waals surface area contributed by atoms with E-state index in [1.807, 2.05) is 66.7 Å². The van der Waals surface area contributed by atoms with Gasteiger partial charge < -0.3 is 14.6 Å². The van der Waals surface area contributed by atoms with Crippen LogP contribution in [0, 0.1) is 0 Å². The van der Waals surface area contributed by atoms with Crippen LogP contribution in [0.15, 0.2) is 180 Å². The van der Waals surface area contributed by atoms with Crippen LogP contribution < -0.4 is 0 Å². The van der Waals surface area contributed by atoms with E-state index < -0.39 is 0 Å². The molecule has 2 N–H and O–H groups in total. The second-order valence-electron chi connectivity index (χ2n) is 19.3. The van der Waals surface area contributed by atoms with Gasteiger partial charge in [-0.2, -0.15) is 0 Å². The minimum Gasteiger partial charge on any atom is -0.507 e. The molecule has 7 aromatic carbocycles. The standard InChI is InChI=1S/C62H54N2O3/c1-37(2)44-23-16-24-45(38(3)4)61(44)42-31-54(51-36-59-49(35-57(51)66)46-22-14-15-27-58(46)67-59)64-55(32-42)53-26-17-25-52(63-53)50-30-41(28-29-56(50)65)60-47(39-18-10-8-11-19-39)33-43(62(5,6)7)34-48(60)40-20-12-9-13-21-40/h8-38,65-66H,1-7H3. The number of nitrogens with zero attached hydrogens (tertiary/aromatic N) is 2. The molecule has 0 saturated carbocycles. The maximum Gasteiger partial charge on any atom is 0.136 e. The zero-order valence-electron chi connectivity index (χ0n) is 39.1. The number of hydrogen-bond donors (Lipinski definition) is 2. The Kier molecular flexibility index (Phi) is 11.1. The molecule has 3 heterocycles. The number of pyridine rings is 2. The van der Waals surface area contributed by atoms with E-state index in [0.717, 1.165) is 60.9 Å². The van der Waals surface area contributed by atoms with Crippen LogP contribution in [0.1, 0.15) is 77.0 Å². The molecule has 0 unspecified atom stereocenters. The lowest BCUT2D eigenvalue weighted by Crippen LogP contribution is -2.12. The molecule has 67 heavy (non-hydrogen) atoms. The van der Waals surface area contributed by atoms with Crippen molar-refractivity contribution in [3.8, 4) is 89.9 Å². The van der Waals surface area contributed by atoms with Crippen LogP contribution in [-0.2, 0) is 5.41 Å². The van der Waals surface area contributed by atoms with Crippen molar-refractivity contribution >= 4 is 21.9 Å². The summed E-state index contributed by atoms with van der Waals surface area (Å²) in [4.78, 5) is 10.6. The summed E-state index contributed by atoms with van der Waals surface area (Å²) < 4.78 is 6.33. The molecule has 0 bridgehead atoms. The van der Waals surface area contributed by atoms with Crippen LogP contribution in [0.4, 0.5) is 0 Å². The van der Waals surface area contributed by atoms with Gasteiger partial charge in [0.15, 0.2) is 0 Å². The van der Waals surface area contributed by atoms with Gasteiger partial charge >= 0.3 is 0 Å². The molecule has 0 aliphatic carbocycles. The SMILES string of the molecule is CC(C)c1cccc(C(C)C)c1-c1cc(-c2cccc(-c3cc(-c4c(-c5ccccc5)cc(C(C)(C)C)cc4-c4ccccc4)ccc3O)n2)nc(-c2cc3oc4ccccc4c3cc2O)c1. The number of aromatic hydroxyl groups is 2. The summed E-state index contributed by atoms with van der Waals surface area (Å²) in [5, 5.41) is 25.3. The highest BCUT2D eigenvalue weighted by Crippen LogP contribution is 2.46. The zero-order chi connectivity index (χ0) is 46.6. The van der Waals surface area contributed by atoms with E-state index in [9.17, 15) is 10.2 Å². The summed E-state index contributed by atoms with van der Waals surface area (Å²) in [6, 6.07) is 59.8. The Balaban J connectivity index is 1.17. The maximum absolute atomic E-state index is 11.8. The normalized spacial score (nSPS) is 11.9. The van der Waals surface area contributed by atoms with Gasteiger partial charge in [-0.3, -0.25) is 0 Å². The molecule has 5 nitrogen and oxygen atoms in total. The second-order valence-corrected chi connectivity index (χ2v) is 19.3. The van der Waals surface area contributed by atoms with Crippen LogP contribution in [0.25, 0.3) is 100 Å². The zero-order valence-corrected chi connectivity index (χ0v) is 39.1. The third kappa shape index (κ3) is 8.16. The van der Waals surface area contributed by atoms with Crippen LogP contribution >= 0.6 is 0 Å². The predicted octanol–water partition coefficient (Wildman–Crippen LogP) is 17.0. The van der Waals surface area contributed by atoms with Gasteiger partial charge in [0.05, 0.1) is 22.8 Å². The molecular weight excluding hydrogens is 821 g/mol. The first-order valence-corrected chi connectivity index (χ1v) is 23.2. The topological polar surface area (TPSA) is 79.4 Å². The summed E-state index contributed by atoms with van der Waals surface area (Å²) >= 11 is 0. The van der Waals surface area contributed by atoms with Crippen molar-refractivity contribution in [2.45, 2.75) is 65.7 Å². The van der Waals surface area contributed by atoms with Gasteiger partial charge in [0.25, 0.3) is 0 Å². The quantitative estimate of drug-likeness (QED) is 0.151. The van der Waals surface area contributed by atoms with Crippen molar-refractivity contribution in [3.05, 3.63) is 193 Å². The fourth-order valence-electron chi connectivity index (χ4n) is 9.49. The Morgan fingerprint density at radius 3 is 1.61 bits per heavy atom. The average Bonchev–Trinajstić information content (AvgIpc) is 3.70. The van der Waals surface area contributed by atoms with Gasteiger partial charge in [-0.05, 0) is 145 Å². The molecule has 3 aromatic heterocycles. The molecule has 0 atom stereocenters. The number of benzene rings is 7. The lowest BCUT2D eigenvalue weighted by Gasteiger charge is -2.25. The maximum atomic E-state index is 11.8. The smallest absolute Gasteiger partial charge is 0.136 e. The van der Waals surface area contributed by atoms with E-state index in [1.165, 1.54) is 16.7 Å². The number of furan rings is 1. The van der Waals surface area contributed by atoms with Crippen molar-refractivity contribution < 1.29 is 14.6 Å². The lowest BCUT2D eigenvalue weighted by molar-refractivity contribution is 0.477. The Morgan fingerprint density at radius 1 is 0.403 bits per heavy atom. The minimum absolute atomic E-state index is 0.104. The molecule has 0 spiro atoms. The highest BCUT2D eigenvalue weighted by molar-refractivity contribution is 6.07. The fraction of sp³-hybridized carbons (Fsp3) is 0.161. The molecule has 330 valence electrons. The first-order valence-electron chi connectivity index (χ1n) is 23.2. The largest absolute Gasteiger partial charge is 0.507 e. The van der Waals surface area contributed by atoms with E-state index in [-0.39, 0.29) is 28.7 Å². The van der Waals surface area contributed by atoms with Gasteiger partial charge in [-0.25, -0.2) is 9.97 Å². The highest BCUT2D eigenvalue weighted by atomic mass is 16.3. The number of hydrogen-bond acceptors (Lipinski definition) is 5. The third-order valence-corrected chi connectivity index (χ3v) is 13.0. The fourth-order valence-corrected chi connectivity index (χ4v) is 9.49. The Labute approximate surface area is 393 Å². The molecule has 10 rings (SSSR count). The van der Waals surface area contributed by atoms with Crippen molar-refractivity contribution in [1.82, 2.24) is 9.97 Å². The van der Waals surface area contributed by atoms with E-state index in [4.69, 9.17) is 14.4 Å². The number of fused-ring (bicyclic) bond motifs is 3. The highest BCUT2D eigenvalue weighted by Gasteiger charge is 2.24. The number of phenols is 2. The second kappa shape index (κ2) is 17.2. The van der Waals surface area contributed by atoms with Gasteiger partial charge in [-0.1, -0.05) is 158 Å². The van der Waals surface area contributed by atoms with Crippen LogP contribution in [0.3, 0.4) is 0 Å². The van der Waals surface area contributed by atoms with E-state index in [1.54, 1.807) is 12.1 Å². The van der Waals surface area contributed by atoms with Crippen molar-refractivity contribution in [2.24, 2.45) is 0 Å². The predicted molar refractivity (Wildman–Crippen MR) is 278 cm³/mol. The van der Waals surface area contributed by atoms with Crippen LogP contribution in [-0.4, -0.2) is 20.2 Å². The summed E-state index contributed by atoms with van der Waals surface area (Å²) in [6.07, 6.45) is 0. The first kappa shape index (κ1) is 43.1. The van der Waals surface area contributed by atoms with Crippen molar-refractivity contribution in [1.29, 1.82) is 0 Å². The Bertz CT molecular complexity index is 3380. The van der Waals surface area contributed by atoms with Crippen molar-refractivity contribution in [3.63, 3.8) is 0 Å². The van der Waals surface area contributed by atoms with Crippen LogP contribution in [0.2, 0.25) is 0 Å². The number of rotatable bonds is 9. The van der Waals surface area contributed by atoms with E-state index in [2.05, 4.69) is 146 Å². The minimum atomic E-state index is -0.104. The van der Waals surface area contributed by atoms with E-state index in [0.29, 0.717) is 39.5 Å². The molecular formula is C62H54N2O3. The van der Waals surface area contributed by atoms with Crippen LogP contribution in [0.5, 0.6) is 11.5 Å². The monoisotopic (exact) mass is 874 g/mol. The summed E-state index contributed by atoms with van der Waals surface area (Å²) in [5.41, 5.74) is 17.3. The Hall–Kier alpha value is -7.76. The third-order valence-electron chi connectivity index (χ3n) is 13.0. The number of para-hydroxylation sites is 1. The summed E-state index contributed by atoms with van der Waals surface area (Å²) in [5.74, 6) is 0.737. The molecule has 0 radical (unpaired) electrons. The summed E-state index contributed by atoms with van der Waals surface area (Å²) in [6.45, 7) is 15.7. The first-order chi connectivity index (χ1) is 32.3. The Morgan fingerprint density at radius 2 is 0.970 bits per heavy atom. The molecule has 10 aromatic rings. The lowest BCUT2D eigenvalue weighted by atomic mass is 9.79. The van der Waals surface area contributed by atoms with Gasteiger partial charge in [0.2, 0.25) is 0 Å². The molecule has 0 saturated heterocycles. The molecule has 5 heteroatoms. The van der Waals surface area contributed by atoms with Gasteiger partial charge in [-0.15, -0.1) is 0 Å². The van der Waals surface area contributed by atoms with Crippen molar-refractivity contribution in [2.75, 3.05) is 0 Å². The van der Waals surface area contributed by atoms with E-state index >= 15 is 0 Å². The number of aromatic nitrogens is 2. The average molecular weight is 875 g/mol. The molecule has 0 aliphatic heterocycles. The molecule has 0 aliphatic rings.